The fourth-order valence-electron chi connectivity index (χ4n) is 5.92. The largest absolute Gasteiger partial charge is 0.480 e. The quantitative estimate of drug-likeness (QED) is 0.111. The average Bonchev–Trinajstić information content (AvgIpc) is 3.09. The van der Waals surface area contributed by atoms with Gasteiger partial charge in [-0.3, -0.25) is 0 Å². The van der Waals surface area contributed by atoms with Gasteiger partial charge in [0.05, 0.1) is 24.3 Å². The fraction of sp³-hybridized carbons (Fsp3) is 0.435. The predicted molar refractivity (Wildman–Crippen MR) is 240 cm³/mol. The highest BCUT2D eigenvalue weighted by Gasteiger charge is 2.28. The van der Waals surface area contributed by atoms with Gasteiger partial charge in [-0.15, -0.1) is 0 Å². The predicted octanol–water partition coefficient (Wildman–Crippen LogP) is 10.2. The first kappa shape index (κ1) is 45.6. The topological polar surface area (TPSA) is 71.1 Å². The van der Waals surface area contributed by atoms with Crippen LogP contribution in [0.4, 0.5) is 0 Å². The van der Waals surface area contributed by atoms with Crippen molar-refractivity contribution in [1.82, 2.24) is 0 Å². The standard InChI is InChI=1S/C46H58Cl2O6P2/c1-43(2,3)27-19-28(44(4,5)6)22-31(21-27)55-35-17-15-33(47)41(53-25-37(49)51-13)39(35)40-36(18-16-34(48)42(40)54-26-38(50)52-14)56-32-23-29(45(7,8)9)20-30(24-32)46(10,11)12/h15-24,55-56H,25-26H2,1-14H3. The highest BCUT2D eigenvalue weighted by Crippen LogP contribution is 2.46. The third-order valence-electron chi connectivity index (χ3n) is 9.48. The molecular weight excluding hydrogens is 781 g/mol. The molecule has 0 bridgehead atoms. The second kappa shape index (κ2) is 17.8. The maximum atomic E-state index is 12.6. The van der Waals surface area contributed by atoms with Gasteiger partial charge in [-0.25, -0.2) is 9.59 Å². The molecule has 10 heteroatoms. The summed E-state index contributed by atoms with van der Waals surface area (Å²) < 4.78 is 22.5. The van der Waals surface area contributed by atoms with E-state index in [4.69, 9.17) is 42.1 Å². The molecule has 4 aromatic carbocycles. The minimum absolute atomic E-state index is 0.0955. The van der Waals surface area contributed by atoms with Gasteiger partial charge in [0.1, 0.15) is 11.5 Å². The van der Waals surface area contributed by atoms with Gasteiger partial charge < -0.3 is 18.9 Å². The number of esters is 2. The van der Waals surface area contributed by atoms with Gasteiger partial charge in [-0.2, -0.15) is 0 Å². The molecule has 0 heterocycles. The number of halogens is 2. The Kier molecular flexibility index (Phi) is 14.5. The van der Waals surface area contributed by atoms with Gasteiger partial charge in [0.15, 0.2) is 13.2 Å². The Hall–Kier alpha value is -3.14. The van der Waals surface area contributed by atoms with Crippen LogP contribution < -0.4 is 30.7 Å². The molecule has 302 valence electrons. The van der Waals surface area contributed by atoms with Crippen molar-refractivity contribution in [3.63, 3.8) is 0 Å². The summed E-state index contributed by atoms with van der Waals surface area (Å²) in [6.07, 6.45) is 0. The summed E-state index contributed by atoms with van der Waals surface area (Å²) in [5, 5.41) is 4.65. The first-order valence-corrected chi connectivity index (χ1v) is 21.5. The zero-order valence-corrected chi connectivity index (χ0v) is 38.9. The molecule has 0 aliphatic rings. The molecule has 0 saturated heterocycles. The number of benzene rings is 4. The number of rotatable bonds is 11. The van der Waals surface area contributed by atoms with Gasteiger partial charge in [-0.1, -0.05) is 172 Å². The molecule has 4 rings (SSSR count). The van der Waals surface area contributed by atoms with Gasteiger partial charge in [-0.05, 0) is 77.3 Å². The summed E-state index contributed by atoms with van der Waals surface area (Å²) in [7, 11) is 2.90. The molecule has 56 heavy (non-hydrogen) atoms. The Morgan fingerprint density at radius 2 is 0.786 bits per heavy atom. The molecule has 6 nitrogen and oxygen atoms in total. The number of methoxy groups -OCH3 is 2. The normalized spacial score (nSPS) is 12.8. The van der Waals surface area contributed by atoms with E-state index in [9.17, 15) is 9.59 Å². The van der Waals surface area contributed by atoms with E-state index in [0.29, 0.717) is 32.7 Å². The van der Waals surface area contributed by atoms with Gasteiger partial charge in [0.2, 0.25) is 0 Å². The first-order chi connectivity index (χ1) is 25.8. The second-order valence-electron chi connectivity index (χ2n) is 18.2. The number of hydrogen-bond donors (Lipinski definition) is 0. The van der Waals surface area contributed by atoms with Crippen molar-refractivity contribution in [2.75, 3.05) is 27.4 Å². The van der Waals surface area contributed by atoms with Crippen LogP contribution in [0.2, 0.25) is 10.0 Å². The summed E-state index contributed by atoms with van der Waals surface area (Å²) in [4.78, 5) is 25.1. The van der Waals surface area contributed by atoms with Crippen molar-refractivity contribution in [2.24, 2.45) is 0 Å². The van der Waals surface area contributed by atoms with Crippen LogP contribution in [-0.2, 0) is 40.7 Å². The van der Waals surface area contributed by atoms with E-state index in [-0.39, 0.29) is 52.0 Å². The lowest BCUT2D eigenvalue weighted by Crippen LogP contribution is -2.22. The maximum Gasteiger partial charge on any atom is 0.343 e. The van der Waals surface area contributed by atoms with E-state index in [0.717, 1.165) is 21.2 Å². The molecule has 0 fully saturated rings. The van der Waals surface area contributed by atoms with E-state index in [1.807, 2.05) is 12.1 Å². The van der Waals surface area contributed by atoms with Crippen LogP contribution in [0.1, 0.15) is 105 Å². The highest BCUT2D eigenvalue weighted by atomic mass is 35.5. The summed E-state index contributed by atoms with van der Waals surface area (Å²) in [5.74, 6) is -0.534. The number of hydrogen-bond acceptors (Lipinski definition) is 6. The summed E-state index contributed by atoms with van der Waals surface area (Å²) in [6.45, 7) is 25.9. The van der Waals surface area contributed by atoms with Crippen LogP contribution in [0.5, 0.6) is 11.5 Å². The summed E-state index contributed by atoms with van der Waals surface area (Å²) >= 11 is 14.1. The molecule has 0 N–H and O–H groups in total. The molecule has 0 aliphatic heterocycles. The van der Waals surface area contributed by atoms with Gasteiger partial charge >= 0.3 is 11.9 Å². The van der Waals surface area contributed by atoms with Crippen molar-refractivity contribution in [3.8, 4) is 22.6 Å². The lowest BCUT2D eigenvalue weighted by atomic mass is 9.81. The van der Waals surface area contributed by atoms with Crippen molar-refractivity contribution in [1.29, 1.82) is 0 Å². The van der Waals surface area contributed by atoms with E-state index in [1.165, 1.54) is 36.5 Å². The highest BCUT2D eigenvalue weighted by molar-refractivity contribution is 7.56. The molecular formula is C46H58Cl2O6P2. The molecule has 2 atom stereocenters. The van der Waals surface area contributed by atoms with Gasteiger partial charge in [0, 0.05) is 11.1 Å². The Balaban J connectivity index is 2.12. The number of carbonyl (C=O) groups is 2. The molecule has 0 aliphatic carbocycles. The van der Waals surface area contributed by atoms with E-state index in [2.05, 4.69) is 119 Å². The van der Waals surface area contributed by atoms with Crippen LogP contribution in [0.3, 0.4) is 0 Å². The third-order valence-corrected chi connectivity index (χ3v) is 12.6. The third kappa shape index (κ3) is 11.5. The first-order valence-electron chi connectivity index (χ1n) is 18.7. The zero-order valence-electron chi connectivity index (χ0n) is 35.4. The van der Waals surface area contributed by atoms with Crippen LogP contribution in [-0.4, -0.2) is 39.4 Å². The van der Waals surface area contributed by atoms with E-state index >= 15 is 0 Å². The zero-order chi connectivity index (χ0) is 42.0. The van der Waals surface area contributed by atoms with Crippen LogP contribution in [0, 0.1) is 0 Å². The summed E-state index contributed by atoms with van der Waals surface area (Å²) in [6, 6.07) is 21.2. The molecule has 0 saturated carbocycles. The fourth-order valence-corrected chi connectivity index (χ4v) is 8.94. The van der Waals surface area contributed by atoms with E-state index < -0.39 is 11.9 Å². The SMILES string of the molecule is COC(=O)COc1c(Cl)ccc(Pc2cc(C(C)(C)C)cc(C(C)(C)C)c2)c1-c1c(Pc2cc(C(C)(C)C)cc(C(C)(C)C)c2)ccc(Cl)c1OCC(=O)OC. The van der Waals surface area contributed by atoms with Gasteiger partial charge in [0.25, 0.3) is 0 Å². The van der Waals surface area contributed by atoms with Crippen LogP contribution in [0.25, 0.3) is 11.1 Å². The number of ether oxygens (including phenoxy) is 4. The average molecular weight is 840 g/mol. The lowest BCUT2D eigenvalue weighted by Gasteiger charge is -2.27. The smallest absolute Gasteiger partial charge is 0.343 e. The Bertz CT molecular complexity index is 1870. The molecule has 4 aromatic rings. The molecule has 2 unspecified atom stereocenters. The van der Waals surface area contributed by atoms with Crippen LogP contribution >= 0.6 is 40.4 Å². The van der Waals surface area contributed by atoms with E-state index in [1.54, 1.807) is 12.1 Å². The lowest BCUT2D eigenvalue weighted by molar-refractivity contribution is -0.143. The maximum absolute atomic E-state index is 12.6. The summed E-state index contributed by atoms with van der Waals surface area (Å²) in [5.41, 5.74) is 5.79. The minimum Gasteiger partial charge on any atom is -0.480 e. The Morgan fingerprint density at radius 3 is 1.04 bits per heavy atom. The monoisotopic (exact) mass is 838 g/mol. The van der Waals surface area contributed by atoms with Crippen molar-refractivity contribution in [3.05, 3.63) is 93.0 Å². The minimum atomic E-state index is -0.559. The van der Waals surface area contributed by atoms with Crippen LogP contribution in [0.15, 0.2) is 60.7 Å². The van der Waals surface area contributed by atoms with Crippen molar-refractivity contribution >= 4 is 73.5 Å². The Morgan fingerprint density at radius 1 is 0.500 bits per heavy atom. The second-order valence-corrected chi connectivity index (χ2v) is 21.7. The number of carbonyl (C=O) groups excluding carboxylic acids is 2. The Labute approximate surface area is 348 Å². The molecule has 0 spiro atoms. The molecule has 0 aromatic heterocycles. The van der Waals surface area contributed by atoms with Crippen molar-refractivity contribution < 1.29 is 28.5 Å². The molecule has 0 amide bonds. The molecule has 0 radical (unpaired) electrons. The van der Waals surface area contributed by atoms with Crippen molar-refractivity contribution in [2.45, 2.75) is 105 Å².